The largest absolute Gasteiger partial charge is 0.481 e. The van der Waals surface area contributed by atoms with Gasteiger partial charge in [-0.25, -0.2) is 0 Å². The van der Waals surface area contributed by atoms with Crippen molar-refractivity contribution in [2.24, 2.45) is 0 Å². The Hall–Kier alpha value is -0.430. The molecular weight excluding hydrogens is 328 g/mol. The third-order valence-electron chi connectivity index (χ3n) is 3.55. The number of carbonyl (C=O) groups is 1. The summed E-state index contributed by atoms with van der Waals surface area (Å²) in [5.41, 5.74) is 0. The summed E-state index contributed by atoms with van der Waals surface area (Å²) in [6, 6.07) is 2.08. The molecule has 1 aromatic rings. The molecule has 0 saturated carbocycles. The Morgan fingerprint density at radius 2 is 2.11 bits per heavy atom. The van der Waals surface area contributed by atoms with Crippen LogP contribution < -0.4 is 0 Å². The minimum Gasteiger partial charge on any atom is -0.481 e. The van der Waals surface area contributed by atoms with E-state index >= 15 is 0 Å². The van der Waals surface area contributed by atoms with Crippen molar-refractivity contribution in [2.75, 3.05) is 33.2 Å². The van der Waals surface area contributed by atoms with E-state index in [0.29, 0.717) is 0 Å². The fraction of sp³-hybridized carbons (Fsp3) is 0.615. The third-order valence-corrected chi connectivity index (χ3v) is 5.79. The van der Waals surface area contributed by atoms with Gasteiger partial charge in [0.15, 0.2) is 0 Å². The van der Waals surface area contributed by atoms with Gasteiger partial charge in [-0.2, -0.15) is 0 Å². The summed E-state index contributed by atoms with van der Waals surface area (Å²) in [7, 11) is 2.11. The number of thiophene rings is 1. The highest BCUT2D eigenvalue weighted by Gasteiger charge is 2.27. The Morgan fingerprint density at radius 3 is 2.58 bits per heavy atom. The molecule has 106 valence electrons. The van der Waals surface area contributed by atoms with Gasteiger partial charge in [0.25, 0.3) is 0 Å². The van der Waals surface area contributed by atoms with Crippen molar-refractivity contribution >= 4 is 33.2 Å². The van der Waals surface area contributed by atoms with Crippen molar-refractivity contribution < 1.29 is 9.90 Å². The topological polar surface area (TPSA) is 43.8 Å². The van der Waals surface area contributed by atoms with Gasteiger partial charge >= 0.3 is 5.97 Å². The van der Waals surface area contributed by atoms with E-state index in [4.69, 9.17) is 5.11 Å². The number of rotatable bonds is 4. The lowest BCUT2D eigenvalue weighted by Gasteiger charge is -2.37. The first kappa shape index (κ1) is 15.0. The molecule has 6 heteroatoms. The molecule has 0 amide bonds. The molecule has 1 aliphatic heterocycles. The molecule has 1 N–H and O–H groups in total. The second kappa shape index (κ2) is 6.35. The maximum atomic E-state index is 11.1. The molecule has 2 rings (SSSR count). The van der Waals surface area contributed by atoms with E-state index in [0.717, 1.165) is 35.5 Å². The lowest BCUT2D eigenvalue weighted by molar-refractivity contribution is -0.138. The van der Waals surface area contributed by atoms with Crippen LogP contribution in [0.3, 0.4) is 0 Å². The monoisotopic (exact) mass is 346 g/mol. The van der Waals surface area contributed by atoms with E-state index in [1.54, 1.807) is 11.3 Å². The van der Waals surface area contributed by atoms with Crippen molar-refractivity contribution in [1.29, 1.82) is 0 Å². The summed E-state index contributed by atoms with van der Waals surface area (Å²) in [6.45, 7) is 5.93. The molecule has 0 aliphatic carbocycles. The van der Waals surface area contributed by atoms with Crippen molar-refractivity contribution in [3.8, 4) is 0 Å². The van der Waals surface area contributed by atoms with E-state index in [9.17, 15) is 4.79 Å². The predicted octanol–water partition coefficient (Wildman–Crippen LogP) is 2.58. The molecule has 0 aromatic carbocycles. The molecule has 1 aliphatic rings. The Morgan fingerprint density at radius 1 is 1.47 bits per heavy atom. The van der Waals surface area contributed by atoms with Crippen molar-refractivity contribution in [2.45, 2.75) is 19.4 Å². The second-order valence-electron chi connectivity index (χ2n) is 5.01. The zero-order chi connectivity index (χ0) is 14.0. The van der Waals surface area contributed by atoms with Crippen molar-refractivity contribution in [3.05, 3.63) is 20.3 Å². The molecule has 0 radical (unpaired) electrons. The predicted molar refractivity (Wildman–Crippen MR) is 80.8 cm³/mol. The van der Waals surface area contributed by atoms with Gasteiger partial charge in [0, 0.05) is 40.4 Å². The molecule has 19 heavy (non-hydrogen) atoms. The summed E-state index contributed by atoms with van der Waals surface area (Å²) in [6.07, 6.45) is 0.177. The standard InChI is InChI=1S/C13H19BrN2O2S/c1-9-10(14)7-12(19-9)11(8-13(17)18)16-5-3-15(2)4-6-16/h7,11H,3-6,8H2,1-2H3,(H,17,18). The minimum absolute atomic E-state index is 0.00111. The van der Waals surface area contributed by atoms with Gasteiger partial charge in [-0.15, -0.1) is 11.3 Å². The number of nitrogens with zero attached hydrogens (tertiary/aromatic N) is 2. The first-order valence-electron chi connectivity index (χ1n) is 6.37. The number of hydrogen-bond acceptors (Lipinski definition) is 4. The zero-order valence-electron chi connectivity index (χ0n) is 11.2. The van der Waals surface area contributed by atoms with Gasteiger partial charge < -0.3 is 10.0 Å². The zero-order valence-corrected chi connectivity index (χ0v) is 13.6. The summed E-state index contributed by atoms with van der Waals surface area (Å²) in [5, 5.41) is 9.16. The quantitative estimate of drug-likeness (QED) is 0.909. The van der Waals surface area contributed by atoms with Gasteiger partial charge in [-0.1, -0.05) is 0 Å². The first-order valence-corrected chi connectivity index (χ1v) is 7.98. The Balaban J connectivity index is 2.18. The number of hydrogen-bond donors (Lipinski definition) is 1. The van der Waals surface area contributed by atoms with Gasteiger partial charge in [-0.05, 0) is 36.0 Å². The first-order chi connectivity index (χ1) is 8.97. The van der Waals surface area contributed by atoms with Crippen molar-refractivity contribution in [3.63, 3.8) is 0 Å². The number of carboxylic acid groups (broad SMARTS) is 1. The van der Waals surface area contributed by atoms with E-state index in [2.05, 4.69) is 45.8 Å². The molecular formula is C13H19BrN2O2S. The van der Waals surface area contributed by atoms with Crippen LogP contribution in [0.25, 0.3) is 0 Å². The molecule has 4 nitrogen and oxygen atoms in total. The number of piperazine rings is 1. The van der Waals surface area contributed by atoms with E-state index < -0.39 is 5.97 Å². The van der Waals surface area contributed by atoms with Gasteiger partial charge in [0.1, 0.15) is 0 Å². The van der Waals surface area contributed by atoms with Crippen LogP contribution in [0.4, 0.5) is 0 Å². The van der Waals surface area contributed by atoms with Crippen molar-refractivity contribution in [1.82, 2.24) is 9.80 Å². The molecule has 1 fully saturated rings. The average molecular weight is 347 g/mol. The summed E-state index contributed by atoms with van der Waals surface area (Å²) < 4.78 is 1.08. The Kier molecular flexibility index (Phi) is 5.00. The van der Waals surface area contributed by atoms with Gasteiger partial charge in [-0.3, -0.25) is 9.69 Å². The highest BCUT2D eigenvalue weighted by molar-refractivity contribution is 9.10. The molecule has 1 unspecified atom stereocenters. The van der Waals surface area contributed by atoms with Gasteiger partial charge in [0.2, 0.25) is 0 Å². The molecule has 1 saturated heterocycles. The number of aryl methyl sites for hydroxylation is 1. The van der Waals surface area contributed by atoms with Crippen LogP contribution in [0.15, 0.2) is 10.5 Å². The van der Waals surface area contributed by atoms with Crippen LogP contribution in [0.5, 0.6) is 0 Å². The molecule has 1 aromatic heterocycles. The number of aliphatic carboxylic acids is 1. The molecule has 2 heterocycles. The van der Waals surface area contributed by atoms with Gasteiger partial charge in [0.05, 0.1) is 12.5 Å². The van der Waals surface area contributed by atoms with E-state index in [1.807, 2.05) is 0 Å². The fourth-order valence-corrected chi connectivity index (χ4v) is 4.05. The molecule has 0 bridgehead atoms. The lowest BCUT2D eigenvalue weighted by Crippen LogP contribution is -2.46. The van der Waals surface area contributed by atoms with Crippen LogP contribution in [-0.2, 0) is 4.79 Å². The molecule has 0 spiro atoms. The number of halogens is 1. The normalized spacial score (nSPS) is 19.5. The van der Waals surface area contributed by atoms with Crippen LogP contribution in [0, 0.1) is 6.92 Å². The van der Waals surface area contributed by atoms with Crippen LogP contribution in [0.1, 0.15) is 22.2 Å². The van der Waals surface area contributed by atoms with E-state index in [1.165, 1.54) is 4.88 Å². The smallest absolute Gasteiger partial charge is 0.305 e. The SMILES string of the molecule is Cc1sc(C(CC(=O)O)N2CCN(C)CC2)cc1Br. The second-order valence-corrected chi connectivity index (χ2v) is 7.15. The maximum Gasteiger partial charge on any atom is 0.305 e. The summed E-state index contributed by atoms with van der Waals surface area (Å²) in [4.78, 5) is 18.1. The van der Waals surface area contributed by atoms with E-state index in [-0.39, 0.29) is 12.5 Å². The maximum absolute atomic E-state index is 11.1. The van der Waals surface area contributed by atoms with Crippen LogP contribution in [0.2, 0.25) is 0 Å². The average Bonchev–Trinajstić information content (AvgIpc) is 2.67. The highest BCUT2D eigenvalue weighted by Crippen LogP contribution is 2.35. The summed E-state index contributed by atoms with van der Waals surface area (Å²) >= 11 is 5.21. The molecule has 1 atom stereocenters. The lowest BCUT2D eigenvalue weighted by atomic mass is 10.1. The minimum atomic E-state index is -0.730. The van der Waals surface area contributed by atoms with Crippen LogP contribution >= 0.6 is 27.3 Å². The number of carboxylic acids is 1. The van der Waals surface area contributed by atoms with Crippen LogP contribution in [-0.4, -0.2) is 54.1 Å². The number of likely N-dealkylation sites (N-methyl/N-ethyl adjacent to an activating group) is 1. The Labute approximate surface area is 126 Å². The fourth-order valence-electron chi connectivity index (χ4n) is 2.35. The highest BCUT2D eigenvalue weighted by atomic mass is 79.9. The summed E-state index contributed by atoms with van der Waals surface area (Å²) in [5.74, 6) is -0.730. The Bertz CT molecular complexity index is 436. The third kappa shape index (κ3) is 3.78.